The van der Waals surface area contributed by atoms with Crippen molar-refractivity contribution in [3.63, 3.8) is 0 Å². The summed E-state index contributed by atoms with van der Waals surface area (Å²) in [6.07, 6.45) is -1.79. The molecule has 1 amide bonds. The van der Waals surface area contributed by atoms with Gasteiger partial charge in [0.2, 0.25) is 15.9 Å². The third-order valence-electron chi connectivity index (χ3n) is 7.17. The van der Waals surface area contributed by atoms with Crippen LogP contribution in [-0.4, -0.2) is 56.6 Å². The molecule has 3 fully saturated rings. The Morgan fingerprint density at radius 2 is 1.94 bits per heavy atom. The molecule has 2 aliphatic heterocycles. The van der Waals surface area contributed by atoms with Gasteiger partial charge in [0.05, 0.1) is 28.9 Å². The topological polar surface area (TPSA) is 93.5 Å². The zero-order valence-corrected chi connectivity index (χ0v) is 19.2. The summed E-state index contributed by atoms with van der Waals surface area (Å²) in [4.78, 5) is 14.8. The van der Waals surface area contributed by atoms with Crippen molar-refractivity contribution in [3.8, 4) is 6.07 Å². The van der Waals surface area contributed by atoms with Crippen molar-refractivity contribution in [2.24, 2.45) is 11.3 Å². The summed E-state index contributed by atoms with van der Waals surface area (Å²) in [5.74, 6) is -0.650. The molecule has 1 spiro atoms. The standard InChI is InChI=1S/C22H27F3N4O3S/c1-2-33(31,32)29-13-19(20(30)27-16-4-5-16)21(14-29)7-9-28(10-8-21)17-6-3-15(12-26)18(11-17)22(23,24)25/h3,6,11,16,19H,2,4-5,7-10,13-14H2,1H3,(H,27,30). The van der Waals surface area contributed by atoms with Crippen LogP contribution in [0.25, 0.3) is 0 Å². The number of carbonyl (C=O) groups excluding carboxylic acids is 1. The summed E-state index contributed by atoms with van der Waals surface area (Å²) in [6, 6.07) is 5.43. The minimum Gasteiger partial charge on any atom is -0.371 e. The lowest BCUT2D eigenvalue weighted by Crippen LogP contribution is -2.49. The number of hydrogen-bond donors (Lipinski definition) is 1. The van der Waals surface area contributed by atoms with Crippen molar-refractivity contribution in [1.82, 2.24) is 9.62 Å². The van der Waals surface area contributed by atoms with Crippen LogP contribution in [0.4, 0.5) is 18.9 Å². The molecule has 11 heteroatoms. The van der Waals surface area contributed by atoms with E-state index in [0.29, 0.717) is 31.6 Å². The highest BCUT2D eigenvalue weighted by atomic mass is 32.2. The van der Waals surface area contributed by atoms with Crippen molar-refractivity contribution in [3.05, 3.63) is 29.3 Å². The molecule has 1 aliphatic carbocycles. The lowest BCUT2D eigenvalue weighted by atomic mass is 9.70. The number of anilines is 1. The van der Waals surface area contributed by atoms with Gasteiger partial charge >= 0.3 is 6.18 Å². The lowest BCUT2D eigenvalue weighted by Gasteiger charge is -2.43. The lowest BCUT2D eigenvalue weighted by molar-refractivity contribution is -0.137. The maximum absolute atomic E-state index is 13.4. The molecule has 1 N–H and O–H groups in total. The summed E-state index contributed by atoms with van der Waals surface area (Å²) < 4.78 is 66.7. The Morgan fingerprint density at radius 3 is 2.48 bits per heavy atom. The largest absolute Gasteiger partial charge is 0.417 e. The number of alkyl halides is 3. The molecule has 0 radical (unpaired) electrons. The first-order valence-corrected chi connectivity index (χ1v) is 12.7. The number of sulfonamides is 1. The monoisotopic (exact) mass is 484 g/mol. The van der Waals surface area contributed by atoms with Crippen molar-refractivity contribution >= 4 is 21.6 Å². The van der Waals surface area contributed by atoms with E-state index < -0.39 is 38.7 Å². The first kappa shape index (κ1) is 23.8. The van der Waals surface area contributed by atoms with Crippen LogP contribution in [0.15, 0.2) is 18.2 Å². The van der Waals surface area contributed by atoms with Gasteiger partial charge in [0.25, 0.3) is 0 Å². The molecule has 0 bridgehead atoms. The summed E-state index contributed by atoms with van der Waals surface area (Å²) in [6.45, 7) is 2.77. The number of amides is 1. The molecule has 180 valence electrons. The predicted molar refractivity (Wildman–Crippen MR) is 116 cm³/mol. The van der Waals surface area contributed by atoms with Crippen LogP contribution in [0.5, 0.6) is 0 Å². The fourth-order valence-electron chi connectivity index (χ4n) is 4.99. The summed E-state index contributed by atoms with van der Waals surface area (Å²) in [5, 5.41) is 12.0. The van der Waals surface area contributed by atoms with Crippen LogP contribution in [0, 0.1) is 22.7 Å². The molecule has 7 nitrogen and oxygen atoms in total. The zero-order valence-electron chi connectivity index (χ0n) is 18.4. The van der Waals surface area contributed by atoms with Gasteiger partial charge in [-0.2, -0.15) is 18.4 Å². The second-order valence-corrected chi connectivity index (χ2v) is 11.5. The molecule has 0 aromatic heterocycles. The zero-order chi connectivity index (χ0) is 24.0. The number of piperidine rings is 1. The van der Waals surface area contributed by atoms with Gasteiger partial charge in [0, 0.05) is 43.3 Å². The summed E-state index contributed by atoms with van der Waals surface area (Å²) in [5.41, 5.74) is -1.57. The highest BCUT2D eigenvalue weighted by Crippen LogP contribution is 2.47. The maximum atomic E-state index is 13.4. The average Bonchev–Trinajstić information content (AvgIpc) is 3.51. The SMILES string of the molecule is CCS(=O)(=O)N1CC(C(=O)NC2CC2)C2(CCN(c3ccc(C#N)c(C(F)(F)F)c3)CC2)C1. The second kappa shape index (κ2) is 8.47. The van der Waals surface area contributed by atoms with E-state index in [1.165, 1.54) is 16.4 Å². The molecule has 1 saturated carbocycles. The maximum Gasteiger partial charge on any atom is 0.417 e. The van der Waals surface area contributed by atoms with Crippen molar-refractivity contribution in [2.75, 3.05) is 36.8 Å². The Balaban J connectivity index is 1.56. The third kappa shape index (κ3) is 4.68. The van der Waals surface area contributed by atoms with Crippen LogP contribution < -0.4 is 10.2 Å². The molecule has 3 aliphatic rings. The van der Waals surface area contributed by atoms with Gasteiger partial charge in [-0.15, -0.1) is 0 Å². The van der Waals surface area contributed by atoms with E-state index in [2.05, 4.69) is 5.32 Å². The fraction of sp³-hybridized carbons (Fsp3) is 0.636. The predicted octanol–water partition coefficient (Wildman–Crippen LogP) is 2.72. The number of benzene rings is 1. The smallest absolute Gasteiger partial charge is 0.371 e. The molecule has 1 unspecified atom stereocenters. The summed E-state index contributed by atoms with van der Waals surface area (Å²) in [7, 11) is -3.46. The molecule has 1 aromatic carbocycles. The number of carbonyl (C=O) groups is 1. The highest BCUT2D eigenvalue weighted by molar-refractivity contribution is 7.89. The quantitative estimate of drug-likeness (QED) is 0.694. The molecular formula is C22H27F3N4O3S. The van der Waals surface area contributed by atoms with Gasteiger partial charge in [-0.1, -0.05) is 0 Å². The van der Waals surface area contributed by atoms with Crippen LogP contribution in [0.2, 0.25) is 0 Å². The normalized spacial score (nSPS) is 23.5. The van der Waals surface area contributed by atoms with Crippen molar-refractivity contribution in [1.29, 1.82) is 5.26 Å². The van der Waals surface area contributed by atoms with Crippen LogP contribution in [0.1, 0.15) is 43.7 Å². The summed E-state index contributed by atoms with van der Waals surface area (Å²) >= 11 is 0. The number of nitrogens with one attached hydrogen (secondary N) is 1. The van der Waals surface area contributed by atoms with E-state index in [-0.39, 0.29) is 30.8 Å². The van der Waals surface area contributed by atoms with Crippen molar-refractivity contribution < 1.29 is 26.4 Å². The van der Waals surface area contributed by atoms with Crippen LogP contribution >= 0.6 is 0 Å². The molecule has 1 atom stereocenters. The number of halogens is 3. The van der Waals surface area contributed by atoms with Gasteiger partial charge < -0.3 is 10.2 Å². The first-order chi connectivity index (χ1) is 15.5. The second-order valence-electron chi connectivity index (χ2n) is 9.22. The Kier molecular flexibility index (Phi) is 6.12. The molecule has 1 aromatic rings. The van der Waals surface area contributed by atoms with Crippen molar-refractivity contribution in [2.45, 2.75) is 44.8 Å². The Hall–Kier alpha value is -2.32. The van der Waals surface area contributed by atoms with E-state index >= 15 is 0 Å². The molecular weight excluding hydrogens is 457 g/mol. The first-order valence-electron chi connectivity index (χ1n) is 11.1. The number of nitrogens with zero attached hydrogens (tertiary/aromatic N) is 3. The Bertz CT molecular complexity index is 1070. The molecule has 2 heterocycles. The Labute approximate surface area is 191 Å². The van der Waals surface area contributed by atoms with Gasteiger partial charge in [-0.3, -0.25) is 4.79 Å². The minimum absolute atomic E-state index is 0.0440. The van der Waals surface area contributed by atoms with E-state index in [0.717, 1.165) is 18.9 Å². The molecule has 33 heavy (non-hydrogen) atoms. The number of nitriles is 1. The van der Waals surface area contributed by atoms with Gasteiger partial charge in [-0.05, 0) is 50.8 Å². The van der Waals surface area contributed by atoms with E-state index in [4.69, 9.17) is 5.26 Å². The van der Waals surface area contributed by atoms with Crippen LogP contribution in [0.3, 0.4) is 0 Å². The number of hydrogen-bond acceptors (Lipinski definition) is 5. The Morgan fingerprint density at radius 1 is 1.27 bits per heavy atom. The fourth-order valence-corrected chi connectivity index (χ4v) is 6.18. The minimum atomic E-state index is -4.63. The van der Waals surface area contributed by atoms with Gasteiger partial charge in [0.15, 0.2) is 0 Å². The van der Waals surface area contributed by atoms with Crippen LogP contribution in [-0.2, 0) is 21.0 Å². The highest BCUT2D eigenvalue weighted by Gasteiger charge is 2.54. The van der Waals surface area contributed by atoms with E-state index in [9.17, 15) is 26.4 Å². The van der Waals surface area contributed by atoms with Gasteiger partial charge in [0.1, 0.15) is 0 Å². The van der Waals surface area contributed by atoms with E-state index in [1.54, 1.807) is 13.0 Å². The average molecular weight is 485 g/mol. The van der Waals surface area contributed by atoms with Gasteiger partial charge in [-0.25, -0.2) is 12.7 Å². The van der Waals surface area contributed by atoms with E-state index in [1.807, 2.05) is 4.90 Å². The number of rotatable bonds is 5. The third-order valence-corrected chi connectivity index (χ3v) is 8.96. The molecule has 2 saturated heterocycles. The molecule has 4 rings (SSSR count).